The van der Waals surface area contributed by atoms with Gasteiger partial charge in [0.15, 0.2) is 0 Å². The summed E-state index contributed by atoms with van der Waals surface area (Å²) in [5, 5.41) is -0.0979. The highest BCUT2D eigenvalue weighted by atomic mass is 35.5. The number of nitrogens with zero attached hydrogens (tertiary/aromatic N) is 1. The van der Waals surface area contributed by atoms with Crippen LogP contribution in [0.3, 0.4) is 0 Å². The fraction of sp³-hybridized carbons (Fsp3) is 0.417. The second-order valence-corrected chi connectivity index (χ2v) is 4.99. The molecule has 96 valence electrons. The lowest BCUT2D eigenvalue weighted by Crippen LogP contribution is -2.39. The zero-order chi connectivity index (χ0) is 12.9. The number of amidine groups is 1. The van der Waals surface area contributed by atoms with Crippen molar-refractivity contribution in [2.45, 2.75) is 18.1 Å². The summed E-state index contributed by atoms with van der Waals surface area (Å²) in [5.41, 5.74) is 4.69. The van der Waals surface area contributed by atoms with E-state index in [-0.39, 0.29) is 23.1 Å². The van der Waals surface area contributed by atoms with Gasteiger partial charge in [-0.1, -0.05) is 23.7 Å². The molecule has 1 aliphatic heterocycles. The van der Waals surface area contributed by atoms with Gasteiger partial charge in [0.1, 0.15) is 24.1 Å². The van der Waals surface area contributed by atoms with Crippen LogP contribution in [0.2, 0.25) is 5.02 Å². The molecular weight excluding hydrogens is 262 g/mol. The number of ether oxygens (including phenoxy) is 1. The van der Waals surface area contributed by atoms with Crippen molar-refractivity contribution in [2.24, 2.45) is 16.6 Å². The average Bonchev–Trinajstić information content (AvgIpc) is 3.11. The van der Waals surface area contributed by atoms with Crippen molar-refractivity contribution in [1.29, 1.82) is 0 Å². The van der Waals surface area contributed by atoms with Gasteiger partial charge in [0, 0.05) is 11.5 Å². The normalized spacial score (nSPS) is 33.4. The van der Waals surface area contributed by atoms with E-state index in [9.17, 15) is 8.78 Å². The fourth-order valence-electron chi connectivity index (χ4n) is 2.56. The zero-order valence-electron chi connectivity index (χ0n) is 9.37. The monoisotopic (exact) mass is 272 g/mol. The third-order valence-electron chi connectivity index (χ3n) is 3.55. The minimum absolute atomic E-state index is 0.0632. The maximum Gasteiger partial charge on any atom is 0.283 e. The number of fused-ring (bicyclic) bond motifs is 1. The van der Waals surface area contributed by atoms with Crippen LogP contribution in [0.1, 0.15) is 12.0 Å². The molecule has 1 aromatic rings. The van der Waals surface area contributed by atoms with Crippen LogP contribution in [-0.4, -0.2) is 18.8 Å². The molecule has 3 nitrogen and oxygen atoms in total. The van der Waals surface area contributed by atoms with E-state index in [4.69, 9.17) is 22.1 Å². The highest BCUT2D eigenvalue weighted by molar-refractivity contribution is 6.31. The van der Waals surface area contributed by atoms with Crippen molar-refractivity contribution in [3.05, 3.63) is 34.6 Å². The first-order valence-corrected chi connectivity index (χ1v) is 5.98. The number of alkyl halides is 1. The molecule has 1 heterocycles. The highest BCUT2D eigenvalue weighted by Gasteiger charge is 2.59. The summed E-state index contributed by atoms with van der Waals surface area (Å²) >= 11 is 5.93. The van der Waals surface area contributed by atoms with Crippen LogP contribution in [0.5, 0.6) is 0 Å². The summed E-state index contributed by atoms with van der Waals surface area (Å²) in [6.07, 6.45) is 0.513. The summed E-state index contributed by atoms with van der Waals surface area (Å²) in [7, 11) is 0. The molecule has 0 aromatic heterocycles. The average molecular weight is 273 g/mol. The van der Waals surface area contributed by atoms with Crippen molar-refractivity contribution >= 4 is 17.6 Å². The number of rotatable bonds is 2. The Hall–Kier alpha value is -1.36. The van der Waals surface area contributed by atoms with E-state index in [1.54, 1.807) is 6.07 Å². The second kappa shape index (κ2) is 3.82. The number of hydrogen-bond acceptors (Lipinski definition) is 3. The highest BCUT2D eigenvalue weighted by Crippen LogP contribution is 2.54. The number of hydrogen-bond donors (Lipinski definition) is 1. The molecule has 1 fully saturated rings. The molecule has 6 heteroatoms. The third kappa shape index (κ3) is 1.50. The van der Waals surface area contributed by atoms with E-state index in [1.807, 2.05) is 0 Å². The molecule has 0 amide bonds. The SMILES string of the molecule is NC1=N[C@](CF)(c2cccc(F)c2Cl)[C@H]2C[C@H]2O1. The molecule has 3 atom stereocenters. The molecule has 2 aliphatic rings. The lowest BCUT2D eigenvalue weighted by molar-refractivity contribution is 0.170. The minimum atomic E-state index is -1.20. The minimum Gasteiger partial charge on any atom is -0.462 e. The number of halogens is 3. The van der Waals surface area contributed by atoms with Crippen LogP contribution in [0.4, 0.5) is 8.78 Å². The van der Waals surface area contributed by atoms with E-state index in [0.717, 1.165) is 0 Å². The lowest BCUT2D eigenvalue weighted by Gasteiger charge is -2.31. The maximum atomic E-state index is 13.6. The van der Waals surface area contributed by atoms with Gasteiger partial charge in [-0.2, -0.15) is 0 Å². The Morgan fingerprint density at radius 3 is 3.06 bits per heavy atom. The predicted molar refractivity (Wildman–Crippen MR) is 63.7 cm³/mol. The Labute approximate surface area is 108 Å². The number of aliphatic imine (C=N–C) groups is 1. The van der Waals surface area contributed by atoms with Crippen LogP contribution in [0, 0.1) is 11.7 Å². The van der Waals surface area contributed by atoms with Crippen LogP contribution in [-0.2, 0) is 10.3 Å². The van der Waals surface area contributed by atoms with Crippen LogP contribution < -0.4 is 5.73 Å². The molecule has 3 rings (SSSR count). The quantitative estimate of drug-likeness (QED) is 0.898. The van der Waals surface area contributed by atoms with E-state index >= 15 is 0 Å². The molecule has 0 saturated heterocycles. The van der Waals surface area contributed by atoms with Crippen molar-refractivity contribution in [3.8, 4) is 0 Å². The Bertz CT molecular complexity index is 537. The Morgan fingerprint density at radius 1 is 1.56 bits per heavy atom. The molecule has 0 unspecified atom stereocenters. The van der Waals surface area contributed by atoms with E-state index in [0.29, 0.717) is 12.0 Å². The Morgan fingerprint density at radius 2 is 2.33 bits per heavy atom. The molecule has 1 aromatic carbocycles. The molecule has 0 spiro atoms. The smallest absolute Gasteiger partial charge is 0.283 e. The van der Waals surface area contributed by atoms with E-state index < -0.39 is 18.0 Å². The first-order valence-electron chi connectivity index (χ1n) is 5.61. The fourth-order valence-corrected chi connectivity index (χ4v) is 2.85. The maximum absolute atomic E-state index is 13.6. The summed E-state index contributed by atoms with van der Waals surface area (Å²) in [4.78, 5) is 4.07. The second-order valence-electron chi connectivity index (χ2n) is 4.61. The molecule has 2 N–H and O–H groups in total. The summed E-state index contributed by atoms with van der Waals surface area (Å²) in [6.45, 7) is -0.776. The van der Waals surface area contributed by atoms with Gasteiger partial charge in [0.25, 0.3) is 6.02 Å². The van der Waals surface area contributed by atoms with Gasteiger partial charge < -0.3 is 10.5 Å². The first-order chi connectivity index (χ1) is 8.58. The first kappa shape index (κ1) is 11.7. The molecule has 1 saturated carbocycles. The van der Waals surface area contributed by atoms with Crippen LogP contribution in [0.25, 0.3) is 0 Å². The van der Waals surface area contributed by atoms with E-state index in [1.165, 1.54) is 12.1 Å². The van der Waals surface area contributed by atoms with Crippen molar-refractivity contribution in [3.63, 3.8) is 0 Å². The molecule has 1 aliphatic carbocycles. The Kier molecular flexibility index (Phi) is 2.48. The van der Waals surface area contributed by atoms with Crippen molar-refractivity contribution in [1.82, 2.24) is 0 Å². The summed E-state index contributed by atoms with van der Waals surface area (Å²) in [6, 6.07) is 4.25. The molecule has 0 bridgehead atoms. The standard InChI is InChI=1S/C12H11ClF2N2O/c13-10-6(2-1-3-8(10)15)12(5-14)7-4-9(7)18-11(16)17-12/h1-3,7,9H,4-5H2,(H2,16,17)/t7-,9+,12+/m0/s1. The lowest BCUT2D eigenvalue weighted by atomic mass is 9.86. The number of nitrogens with two attached hydrogens (primary N) is 1. The molecule has 18 heavy (non-hydrogen) atoms. The Balaban J connectivity index is 2.17. The van der Waals surface area contributed by atoms with Gasteiger partial charge in [0.05, 0.1) is 5.02 Å². The van der Waals surface area contributed by atoms with Gasteiger partial charge in [0.2, 0.25) is 0 Å². The molecular formula is C12H11ClF2N2O. The summed E-state index contributed by atoms with van der Waals surface area (Å²) < 4.78 is 32.3. The predicted octanol–water partition coefficient (Wildman–Crippen LogP) is 2.38. The van der Waals surface area contributed by atoms with Gasteiger partial charge in [-0.05, 0) is 12.5 Å². The largest absolute Gasteiger partial charge is 0.462 e. The zero-order valence-corrected chi connectivity index (χ0v) is 10.1. The number of benzene rings is 1. The summed E-state index contributed by atoms with van der Waals surface area (Å²) in [5.74, 6) is -0.714. The molecule has 0 radical (unpaired) electrons. The van der Waals surface area contributed by atoms with Gasteiger partial charge in [-0.3, -0.25) is 0 Å². The van der Waals surface area contributed by atoms with Gasteiger partial charge in [-0.15, -0.1) is 0 Å². The third-order valence-corrected chi connectivity index (χ3v) is 3.93. The van der Waals surface area contributed by atoms with Gasteiger partial charge in [-0.25, -0.2) is 13.8 Å². The van der Waals surface area contributed by atoms with Crippen molar-refractivity contribution < 1.29 is 13.5 Å². The van der Waals surface area contributed by atoms with E-state index in [2.05, 4.69) is 4.99 Å². The van der Waals surface area contributed by atoms with Crippen molar-refractivity contribution in [2.75, 3.05) is 6.67 Å². The van der Waals surface area contributed by atoms with Gasteiger partial charge >= 0.3 is 0 Å². The van der Waals surface area contributed by atoms with Crippen LogP contribution >= 0.6 is 11.6 Å². The topological polar surface area (TPSA) is 47.6 Å². The van der Waals surface area contributed by atoms with Crippen LogP contribution in [0.15, 0.2) is 23.2 Å².